The standard InChI is InChI=1S/C19H16ClN3O2S/c1-22(15-5-3-2-4-6-15)17(24)13-26-18-19(25)23(12-11-21-18)16-9-7-14(20)8-10-16/h2-12H,13H2,1H3. The van der Waals surface area contributed by atoms with E-state index in [-0.39, 0.29) is 22.2 Å². The van der Waals surface area contributed by atoms with Crippen LogP contribution in [-0.4, -0.2) is 28.3 Å². The van der Waals surface area contributed by atoms with E-state index in [1.165, 1.54) is 4.57 Å². The fourth-order valence-electron chi connectivity index (χ4n) is 2.32. The van der Waals surface area contributed by atoms with Gasteiger partial charge in [-0.1, -0.05) is 41.6 Å². The van der Waals surface area contributed by atoms with E-state index in [2.05, 4.69) is 4.98 Å². The molecule has 0 N–H and O–H groups in total. The van der Waals surface area contributed by atoms with Gasteiger partial charge in [0.25, 0.3) is 5.56 Å². The highest BCUT2D eigenvalue weighted by Gasteiger charge is 2.14. The summed E-state index contributed by atoms with van der Waals surface area (Å²) in [6.07, 6.45) is 3.14. The van der Waals surface area contributed by atoms with Crippen LogP contribution in [0.1, 0.15) is 0 Å². The number of carbonyl (C=O) groups excluding carboxylic acids is 1. The lowest BCUT2D eigenvalue weighted by Gasteiger charge is -2.16. The lowest BCUT2D eigenvalue weighted by atomic mass is 10.3. The largest absolute Gasteiger partial charge is 0.315 e. The lowest BCUT2D eigenvalue weighted by Crippen LogP contribution is -2.28. The number of rotatable bonds is 5. The fourth-order valence-corrected chi connectivity index (χ4v) is 3.26. The number of benzene rings is 2. The summed E-state index contributed by atoms with van der Waals surface area (Å²) in [5.74, 6) is 0.0161. The van der Waals surface area contributed by atoms with E-state index in [0.717, 1.165) is 17.4 Å². The number of amides is 1. The molecule has 0 aliphatic rings. The van der Waals surface area contributed by atoms with Gasteiger partial charge in [0.1, 0.15) is 0 Å². The van der Waals surface area contributed by atoms with Crippen molar-refractivity contribution in [1.29, 1.82) is 0 Å². The topological polar surface area (TPSA) is 55.2 Å². The third-order valence-electron chi connectivity index (χ3n) is 3.76. The summed E-state index contributed by atoms with van der Waals surface area (Å²) in [6.45, 7) is 0. The van der Waals surface area contributed by atoms with Gasteiger partial charge in [-0.25, -0.2) is 4.98 Å². The Morgan fingerprint density at radius 1 is 1.15 bits per heavy atom. The molecule has 132 valence electrons. The van der Waals surface area contributed by atoms with Crippen LogP contribution in [-0.2, 0) is 4.79 Å². The van der Waals surface area contributed by atoms with Crippen molar-refractivity contribution >= 4 is 35.0 Å². The molecule has 0 saturated carbocycles. The van der Waals surface area contributed by atoms with Crippen LogP contribution >= 0.6 is 23.4 Å². The molecule has 0 fully saturated rings. The van der Waals surface area contributed by atoms with Gasteiger partial charge in [-0.3, -0.25) is 14.2 Å². The van der Waals surface area contributed by atoms with Crippen LogP contribution in [0, 0.1) is 0 Å². The summed E-state index contributed by atoms with van der Waals surface area (Å²) in [4.78, 5) is 30.7. The molecule has 3 rings (SSSR count). The highest BCUT2D eigenvalue weighted by Crippen LogP contribution is 2.17. The van der Waals surface area contributed by atoms with Gasteiger partial charge in [0.15, 0.2) is 5.03 Å². The SMILES string of the molecule is CN(C(=O)CSc1nccn(-c2ccc(Cl)cc2)c1=O)c1ccccc1. The molecule has 0 aliphatic carbocycles. The Hall–Kier alpha value is -2.57. The molecule has 0 radical (unpaired) electrons. The van der Waals surface area contributed by atoms with E-state index in [9.17, 15) is 9.59 Å². The molecule has 1 aromatic heterocycles. The van der Waals surface area contributed by atoms with E-state index < -0.39 is 0 Å². The van der Waals surface area contributed by atoms with E-state index in [0.29, 0.717) is 10.7 Å². The molecule has 1 heterocycles. The van der Waals surface area contributed by atoms with Gasteiger partial charge in [-0.05, 0) is 36.4 Å². The molecule has 0 spiro atoms. The maximum atomic E-state index is 12.6. The van der Waals surface area contributed by atoms with E-state index in [4.69, 9.17) is 11.6 Å². The van der Waals surface area contributed by atoms with Gasteiger partial charge in [0, 0.05) is 35.8 Å². The molecule has 3 aromatic rings. The monoisotopic (exact) mass is 385 g/mol. The minimum Gasteiger partial charge on any atom is -0.315 e. The van der Waals surface area contributed by atoms with Gasteiger partial charge in [0.2, 0.25) is 5.91 Å². The Labute approximate surface area is 160 Å². The van der Waals surface area contributed by atoms with Crippen molar-refractivity contribution in [3.05, 3.63) is 82.4 Å². The van der Waals surface area contributed by atoms with Crippen molar-refractivity contribution in [3.8, 4) is 5.69 Å². The van der Waals surface area contributed by atoms with E-state index >= 15 is 0 Å². The van der Waals surface area contributed by atoms with Crippen LogP contribution in [0.2, 0.25) is 5.02 Å². The molecule has 0 saturated heterocycles. The smallest absolute Gasteiger partial charge is 0.287 e. The van der Waals surface area contributed by atoms with Crippen molar-refractivity contribution in [2.75, 3.05) is 17.7 Å². The van der Waals surface area contributed by atoms with Gasteiger partial charge < -0.3 is 4.90 Å². The molecule has 0 aliphatic heterocycles. The van der Waals surface area contributed by atoms with Crippen LogP contribution < -0.4 is 10.5 Å². The Morgan fingerprint density at radius 3 is 2.54 bits per heavy atom. The van der Waals surface area contributed by atoms with E-state index in [1.54, 1.807) is 48.6 Å². The van der Waals surface area contributed by atoms with Crippen molar-refractivity contribution in [1.82, 2.24) is 9.55 Å². The first-order chi connectivity index (χ1) is 12.6. The number of aromatic nitrogens is 2. The summed E-state index contributed by atoms with van der Waals surface area (Å²) in [6, 6.07) is 16.3. The Bertz CT molecular complexity index is 959. The number of thioether (sulfide) groups is 1. The van der Waals surface area contributed by atoms with Gasteiger partial charge in [-0.15, -0.1) is 0 Å². The van der Waals surface area contributed by atoms with Crippen LogP contribution in [0.5, 0.6) is 0 Å². The van der Waals surface area contributed by atoms with Crippen molar-refractivity contribution in [2.45, 2.75) is 5.03 Å². The van der Waals surface area contributed by atoms with Gasteiger partial charge >= 0.3 is 0 Å². The second-order valence-corrected chi connectivity index (χ2v) is 6.86. The molecule has 0 bridgehead atoms. The predicted molar refractivity (Wildman–Crippen MR) is 105 cm³/mol. The average Bonchev–Trinajstić information content (AvgIpc) is 2.68. The molecule has 7 heteroatoms. The minimum absolute atomic E-state index is 0.107. The minimum atomic E-state index is -0.269. The predicted octanol–water partition coefficient (Wildman–Crippen LogP) is 3.64. The van der Waals surface area contributed by atoms with Gasteiger partial charge in [-0.2, -0.15) is 0 Å². The second-order valence-electron chi connectivity index (χ2n) is 5.46. The number of hydrogen-bond acceptors (Lipinski definition) is 4. The molecule has 0 unspecified atom stereocenters. The number of carbonyl (C=O) groups is 1. The van der Waals surface area contributed by atoms with E-state index in [1.807, 2.05) is 30.3 Å². The zero-order valence-corrected chi connectivity index (χ0v) is 15.6. The van der Waals surface area contributed by atoms with Crippen molar-refractivity contribution < 1.29 is 4.79 Å². The van der Waals surface area contributed by atoms with Crippen LogP contribution in [0.15, 0.2) is 76.8 Å². The lowest BCUT2D eigenvalue weighted by molar-refractivity contribution is -0.115. The maximum Gasteiger partial charge on any atom is 0.287 e. The number of halogens is 1. The quantitative estimate of drug-likeness (QED) is 0.629. The summed E-state index contributed by atoms with van der Waals surface area (Å²) >= 11 is 7.02. The summed E-state index contributed by atoms with van der Waals surface area (Å²) in [5, 5.41) is 0.872. The highest BCUT2D eigenvalue weighted by molar-refractivity contribution is 7.99. The van der Waals surface area contributed by atoms with Crippen LogP contribution in [0.4, 0.5) is 5.69 Å². The first-order valence-corrected chi connectivity index (χ1v) is 9.20. The van der Waals surface area contributed by atoms with Gasteiger partial charge in [0.05, 0.1) is 5.75 Å². The summed E-state index contributed by atoms with van der Waals surface area (Å²) in [5.41, 5.74) is 1.23. The zero-order chi connectivity index (χ0) is 18.5. The third kappa shape index (κ3) is 4.15. The zero-order valence-electron chi connectivity index (χ0n) is 14.0. The summed E-state index contributed by atoms with van der Waals surface area (Å²) < 4.78 is 1.48. The molecular formula is C19H16ClN3O2S. The van der Waals surface area contributed by atoms with Crippen molar-refractivity contribution in [3.63, 3.8) is 0 Å². The van der Waals surface area contributed by atoms with Crippen LogP contribution in [0.25, 0.3) is 5.69 Å². The molecule has 1 amide bonds. The van der Waals surface area contributed by atoms with Crippen molar-refractivity contribution in [2.24, 2.45) is 0 Å². The first-order valence-electron chi connectivity index (χ1n) is 7.84. The molecular weight excluding hydrogens is 370 g/mol. The first kappa shape index (κ1) is 18.2. The number of anilines is 1. The Morgan fingerprint density at radius 2 is 1.85 bits per heavy atom. The average molecular weight is 386 g/mol. The number of nitrogens with zero attached hydrogens (tertiary/aromatic N) is 3. The molecule has 5 nitrogen and oxygen atoms in total. The molecule has 26 heavy (non-hydrogen) atoms. The maximum absolute atomic E-state index is 12.6. The van der Waals surface area contributed by atoms with Crippen LogP contribution in [0.3, 0.4) is 0 Å². The number of para-hydroxylation sites is 1. The highest BCUT2D eigenvalue weighted by atomic mass is 35.5. The number of hydrogen-bond donors (Lipinski definition) is 0. The Kier molecular flexibility index (Phi) is 5.75. The second kappa shape index (κ2) is 8.21. The third-order valence-corrected chi connectivity index (χ3v) is 4.96. The molecule has 2 aromatic carbocycles. The summed E-state index contributed by atoms with van der Waals surface area (Å²) in [7, 11) is 1.71. The Balaban J connectivity index is 1.74. The normalized spacial score (nSPS) is 10.5. The fraction of sp³-hybridized carbons (Fsp3) is 0.105. The molecule has 0 atom stereocenters.